The van der Waals surface area contributed by atoms with Gasteiger partial charge in [0.25, 0.3) is 5.69 Å². The van der Waals surface area contributed by atoms with Crippen molar-refractivity contribution in [2.75, 3.05) is 7.11 Å². The van der Waals surface area contributed by atoms with E-state index >= 15 is 0 Å². The van der Waals surface area contributed by atoms with Crippen molar-refractivity contribution in [3.63, 3.8) is 0 Å². The molecule has 0 aliphatic heterocycles. The first-order valence-corrected chi connectivity index (χ1v) is 6.60. The first-order chi connectivity index (χ1) is 10.0. The summed E-state index contributed by atoms with van der Waals surface area (Å²) in [4.78, 5) is 21.9. The van der Waals surface area contributed by atoms with Crippen molar-refractivity contribution < 1.29 is 24.3 Å². The van der Waals surface area contributed by atoms with Crippen LogP contribution in [0.4, 0.5) is 5.69 Å². The first kappa shape index (κ1) is 14.8. The van der Waals surface area contributed by atoms with Crippen LogP contribution in [0.1, 0.15) is 14.5 Å². The van der Waals surface area contributed by atoms with Crippen LogP contribution in [0, 0.1) is 10.1 Å². The molecule has 1 aromatic heterocycles. The lowest BCUT2D eigenvalue weighted by molar-refractivity contribution is -0.385. The van der Waals surface area contributed by atoms with E-state index in [1.807, 2.05) is 0 Å². The van der Waals surface area contributed by atoms with E-state index in [9.17, 15) is 14.9 Å². The molecule has 2 aromatic rings. The molecular formula is C13H11NO6S. The van der Waals surface area contributed by atoms with Gasteiger partial charge in [0.15, 0.2) is 11.5 Å². The van der Waals surface area contributed by atoms with Crippen molar-refractivity contribution in [2.24, 2.45) is 0 Å². The van der Waals surface area contributed by atoms with Gasteiger partial charge in [0.1, 0.15) is 11.5 Å². The highest BCUT2D eigenvalue weighted by atomic mass is 32.1. The van der Waals surface area contributed by atoms with Crippen LogP contribution in [0.2, 0.25) is 0 Å². The van der Waals surface area contributed by atoms with Gasteiger partial charge in [-0.25, -0.2) is 4.79 Å². The molecule has 0 saturated heterocycles. The summed E-state index contributed by atoms with van der Waals surface area (Å²) in [5, 5.41) is 19.6. The number of nitro benzene ring substituents is 1. The minimum atomic E-state index is -1.00. The van der Waals surface area contributed by atoms with Crippen molar-refractivity contribution in [1.29, 1.82) is 0 Å². The Morgan fingerprint density at radius 1 is 1.33 bits per heavy atom. The number of carboxylic acids is 1. The molecular weight excluding hydrogens is 298 g/mol. The van der Waals surface area contributed by atoms with Gasteiger partial charge in [-0.3, -0.25) is 10.1 Å². The Morgan fingerprint density at radius 2 is 2.10 bits per heavy atom. The number of methoxy groups -OCH3 is 1. The summed E-state index contributed by atoms with van der Waals surface area (Å²) in [5.74, 6) is -0.397. The normalized spacial score (nSPS) is 10.1. The second-order valence-electron chi connectivity index (χ2n) is 3.95. The fourth-order valence-corrected chi connectivity index (χ4v) is 2.37. The zero-order chi connectivity index (χ0) is 15.4. The molecule has 0 radical (unpaired) electrons. The number of ether oxygens (including phenoxy) is 2. The summed E-state index contributed by atoms with van der Waals surface area (Å²) in [5.41, 5.74) is -0.108. The molecule has 1 heterocycles. The average Bonchev–Trinajstić information content (AvgIpc) is 2.93. The lowest BCUT2D eigenvalue weighted by Crippen LogP contribution is -1.97. The fourth-order valence-electron chi connectivity index (χ4n) is 1.61. The maximum Gasteiger partial charge on any atom is 0.345 e. The van der Waals surface area contributed by atoms with Gasteiger partial charge in [0.2, 0.25) is 0 Å². The summed E-state index contributed by atoms with van der Waals surface area (Å²) in [6.07, 6.45) is 0. The Morgan fingerprint density at radius 3 is 2.67 bits per heavy atom. The molecule has 0 spiro atoms. The predicted octanol–water partition coefficient (Wildman–Crippen LogP) is 2.94. The number of rotatable bonds is 6. The molecule has 0 saturated carbocycles. The van der Waals surface area contributed by atoms with Crippen LogP contribution < -0.4 is 9.47 Å². The number of benzene rings is 1. The van der Waals surface area contributed by atoms with Crippen molar-refractivity contribution >= 4 is 23.0 Å². The van der Waals surface area contributed by atoms with Gasteiger partial charge in [0.05, 0.1) is 18.1 Å². The molecule has 8 heteroatoms. The smallest absolute Gasteiger partial charge is 0.345 e. The van der Waals surface area contributed by atoms with E-state index in [1.165, 1.54) is 31.4 Å². The number of non-ortho nitro benzene ring substituents is 1. The van der Waals surface area contributed by atoms with E-state index in [2.05, 4.69) is 0 Å². The van der Waals surface area contributed by atoms with Crippen LogP contribution in [0.15, 0.2) is 30.3 Å². The lowest BCUT2D eigenvalue weighted by Gasteiger charge is -2.09. The summed E-state index contributed by atoms with van der Waals surface area (Å²) < 4.78 is 10.6. The van der Waals surface area contributed by atoms with Crippen LogP contribution >= 0.6 is 11.3 Å². The quantitative estimate of drug-likeness (QED) is 0.650. The third-order valence-electron chi connectivity index (χ3n) is 2.60. The van der Waals surface area contributed by atoms with Crippen molar-refractivity contribution in [3.05, 3.63) is 50.2 Å². The Hall–Kier alpha value is -2.61. The zero-order valence-electron chi connectivity index (χ0n) is 10.9. The fraction of sp³-hybridized carbons (Fsp3) is 0.154. The summed E-state index contributed by atoms with van der Waals surface area (Å²) in [6.45, 7) is 0.107. The van der Waals surface area contributed by atoms with Crippen LogP contribution in [0.5, 0.6) is 11.5 Å². The van der Waals surface area contributed by atoms with Crippen LogP contribution in [-0.2, 0) is 6.61 Å². The van der Waals surface area contributed by atoms with Gasteiger partial charge in [-0.2, -0.15) is 0 Å². The van der Waals surface area contributed by atoms with Crippen molar-refractivity contribution in [3.8, 4) is 11.5 Å². The summed E-state index contributed by atoms with van der Waals surface area (Å²) in [7, 11) is 1.43. The maximum absolute atomic E-state index is 10.8. The van der Waals surface area contributed by atoms with Crippen LogP contribution in [0.3, 0.4) is 0 Å². The lowest BCUT2D eigenvalue weighted by atomic mass is 10.3. The topological polar surface area (TPSA) is 98.9 Å². The molecule has 7 nitrogen and oxygen atoms in total. The molecule has 0 bridgehead atoms. The standard InChI is InChI=1S/C13H11NO6S/c1-19-10-4-2-8(14(17)18)6-11(10)20-7-9-3-5-12(21-9)13(15)16/h2-6H,7H2,1H3,(H,15,16). The minimum absolute atomic E-state index is 0.107. The molecule has 0 amide bonds. The van der Waals surface area contributed by atoms with E-state index in [1.54, 1.807) is 6.07 Å². The third kappa shape index (κ3) is 3.48. The molecule has 2 rings (SSSR count). The number of aromatic carboxylic acids is 1. The van der Waals surface area contributed by atoms with E-state index in [-0.39, 0.29) is 22.9 Å². The van der Waals surface area contributed by atoms with Crippen molar-refractivity contribution in [1.82, 2.24) is 0 Å². The predicted molar refractivity (Wildman–Crippen MR) is 75.3 cm³/mol. The van der Waals surface area contributed by atoms with E-state index in [0.29, 0.717) is 10.6 Å². The maximum atomic E-state index is 10.8. The number of thiophene rings is 1. The molecule has 110 valence electrons. The minimum Gasteiger partial charge on any atom is -0.493 e. The van der Waals surface area contributed by atoms with Crippen molar-refractivity contribution in [2.45, 2.75) is 6.61 Å². The van der Waals surface area contributed by atoms with E-state index in [0.717, 1.165) is 11.3 Å². The first-order valence-electron chi connectivity index (χ1n) is 5.78. The van der Waals surface area contributed by atoms with Gasteiger partial charge >= 0.3 is 5.97 Å². The SMILES string of the molecule is COc1ccc([N+](=O)[O-])cc1OCc1ccc(C(=O)O)s1. The van der Waals surface area contributed by atoms with Crippen LogP contribution in [-0.4, -0.2) is 23.1 Å². The number of hydrogen-bond acceptors (Lipinski definition) is 6. The highest BCUT2D eigenvalue weighted by Crippen LogP contribution is 2.32. The molecule has 1 N–H and O–H groups in total. The highest BCUT2D eigenvalue weighted by Gasteiger charge is 2.13. The summed E-state index contributed by atoms with van der Waals surface area (Å²) in [6, 6.07) is 7.16. The second-order valence-corrected chi connectivity index (χ2v) is 5.12. The largest absolute Gasteiger partial charge is 0.493 e. The van der Waals surface area contributed by atoms with Crippen LogP contribution in [0.25, 0.3) is 0 Å². The molecule has 0 aliphatic rings. The van der Waals surface area contributed by atoms with Gasteiger partial charge in [-0.05, 0) is 18.2 Å². The molecule has 21 heavy (non-hydrogen) atoms. The van der Waals surface area contributed by atoms with E-state index < -0.39 is 10.9 Å². The molecule has 0 unspecified atom stereocenters. The van der Waals surface area contributed by atoms with Gasteiger partial charge in [0, 0.05) is 10.9 Å². The molecule has 1 aromatic carbocycles. The Labute approximate surface area is 123 Å². The number of carbonyl (C=O) groups is 1. The highest BCUT2D eigenvalue weighted by molar-refractivity contribution is 7.13. The number of nitrogens with zero attached hydrogens (tertiary/aromatic N) is 1. The Kier molecular flexibility index (Phi) is 4.39. The molecule has 0 atom stereocenters. The molecule has 0 aliphatic carbocycles. The van der Waals surface area contributed by atoms with Gasteiger partial charge in [-0.15, -0.1) is 11.3 Å². The Bertz CT molecular complexity index is 681. The van der Waals surface area contributed by atoms with E-state index in [4.69, 9.17) is 14.6 Å². The number of carboxylic acid groups (broad SMARTS) is 1. The van der Waals surface area contributed by atoms with Gasteiger partial charge < -0.3 is 14.6 Å². The average molecular weight is 309 g/mol. The monoisotopic (exact) mass is 309 g/mol. The van der Waals surface area contributed by atoms with Gasteiger partial charge in [-0.1, -0.05) is 0 Å². The molecule has 0 fully saturated rings. The third-order valence-corrected chi connectivity index (χ3v) is 3.65. The summed E-state index contributed by atoms with van der Waals surface area (Å²) >= 11 is 1.08. The number of hydrogen-bond donors (Lipinski definition) is 1. The second kappa shape index (κ2) is 6.23. The number of nitro groups is 1. The zero-order valence-corrected chi connectivity index (χ0v) is 11.8. The Balaban J connectivity index is 2.15.